The summed E-state index contributed by atoms with van der Waals surface area (Å²) in [6.45, 7) is 1.90. The summed E-state index contributed by atoms with van der Waals surface area (Å²) >= 11 is 0. The molecule has 0 aliphatic carbocycles. The summed E-state index contributed by atoms with van der Waals surface area (Å²) in [6.07, 6.45) is 1.02. The van der Waals surface area contributed by atoms with Crippen molar-refractivity contribution in [2.75, 3.05) is 18.0 Å². The topological polar surface area (TPSA) is 49.5 Å². The maximum absolute atomic E-state index is 9.66. The largest absolute Gasteiger partial charge is 0.392 e. The Morgan fingerprint density at radius 2 is 1.90 bits per heavy atom. The van der Waals surface area contributed by atoms with Gasteiger partial charge in [0.1, 0.15) is 0 Å². The van der Waals surface area contributed by atoms with E-state index in [1.54, 1.807) is 0 Å². The van der Waals surface area contributed by atoms with Crippen LogP contribution in [0.1, 0.15) is 12.0 Å². The van der Waals surface area contributed by atoms with Crippen LogP contribution in [0.2, 0.25) is 0 Å². The lowest BCUT2D eigenvalue weighted by Gasteiger charge is -2.22. The van der Waals surface area contributed by atoms with Crippen LogP contribution in [0.3, 0.4) is 0 Å². The zero-order valence-electron chi connectivity index (χ0n) is 11.5. The molecule has 3 nitrogen and oxygen atoms in total. The van der Waals surface area contributed by atoms with E-state index < -0.39 is 0 Å². The summed E-state index contributed by atoms with van der Waals surface area (Å²) in [6, 6.07) is 16.8. The number of anilines is 1. The smallest absolute Gasteiger partial charge is 0.0702 e. The molecular formula is C17H20N2O. The van der Waals surface area contributed by atoms with Crippen LogP contribution in [0.5, 0.6) is 0 Å². The summed E-state index contributed by atoms with van der Waals surface area (Å²) in [5, 5.41) is 9.66. The minimum absolute atomic E-state index is 0.0573. The highest BCUT2D eigenvalue weighted by molar-refractivity contribution is 5.69. The quantitative estimate of drug-likeness (QED) is 0.898. The van der Waals surface area contributed by atoms with Gasteiger partial charge in [-0.15, -0.1) is 0 Å². The number of nitrogens with two attached hydrogens (primary N) is 1. The van der Waals surface area contributed by atoms with Gasteiger partial charge >= 0.3 is 0 Å². The zero-order valence-corrected chi connectivity index (χ0v) is 11.5. The van der Waals surface area contributed by atoms with E-state index >= 15 is 0 Å². The third-order valence-corrected chi connectivity index (χ3v) is 3.92. The van der Waals surface area contributed by atoms with Crippen molar-refractivity contribution in [1.29, 1.82) is 0 Å². The Morgan fingerprint density at radius 1 is 1.10 bits per heavy atom. The van der Waals surface area contributed by atoms with Crippen molar-refractivity contribution < 1.29 is 5.11 Å². The lowest BCUT2D eigenvalue weighted by Crippen LogP contribution is -2.26. The Morgan fingerprint density at radius 3 is 2.55 bits per heavy atom. The molecule has 1 fully saturated rings. The van der Waals surface area contributed by atoms with Gasteiger partial charge in [0.05, 0.1) is 6.61 Å². The van der Waals surface area contributed by atoms with Crippen LogP contribution < -0.4 is 10.6 Å². The highest BCUT2D eigenvalue weighted by Gasteiger charge is 2.21. The number of aliphatic hydroxyl groups is 1. The number of hydrogen-bond acceptors (Lipinski definition) is 3. The second-order valence-electron chi connectivity index (χ2n) is 5.36. The van der Waals surface area contributed by atoms with E-state index in [-0.39, 0.29) is 12.6 Å². The highest BCUT2D eigenvalue weighted by Crippen LogP contribution is 2.29. The predicted molar refractivity (Wildman–Crippen MR) is 82.6 cm³/mol. The molecule has 1 heterocycles. The third-order valence-electron chi connectivity index (χ3n) is 3.92. The zero-order chi connectivity index (χ0) is 13.9. The first-order valence-electron chi connectivity index (χ1n) is 7.07. The number of hydrogen-bond donors (Lipinski definition) is 2. The van der Waals surface area contributed by atoms with Gasteiger partial charge in [-0.1, -0.05) is 36.4 Å². The molecule has 1 saturated heterocycles. The van der Waals surface area contributed by atoms with Crippen LogP contribution >= 0.6 is 0 Å². The van der Waals surface area contributed by atoms with Gasteiger partial charge in [-0.2, -0.15) is 0 Å². The van der Waals surface area contributed by atoms with Crippen molar-refractivity contribution in [3.8, 4) is 11.1 Å². The fraction of sp³-hybridized carbons (Fsp3) is 0.294. The summed E-state index contributed by atoms with van der Waals surface area (Å²) < 4.78 is 0. The Kier molecular flexibility index (Phi) is 3.72. The van der Waals surface area contributed by atoms with Crippen molar-refractivity contribution in [2.24, 2.45) is 5.73 Å². The minimum atomic E-state index is 0.0573. The third kappa shape index (κ3) is 2.55. The van der Waals surface area contributed by atoms with Crippen molar-refractivity contribution in [1.82, 2.24) is 0 Å². The van der Waals surface area contributed by atoms with Crippen LogP contribution in [0, 0.1) is 0 Å². The van der Waals surface area contributed by atoms with Crippen LogP contribution in [0.4, 0.5) is 5.69 Å². The molecule has 1 aliphatic rings. The second kappa shape index (κ2) is 5.65. The summed E-state index contributed by atoms with van der Waals surface area (Å²) in [4.78, 5) is 2.27. The first kappa shape index (κ1) is 13.2. The molecule has 0 bridgehead atoms. The van der Waals surface area contributed by atoms with Crippen molar-refractivity contribution >= 4 is 5.69 Å². The highest BCUT2D eigenvalue weighted by atomic mass is 16.3. The fourth-order valence-electron chi connectivity index (χ4n) is 2.84. The van der Waals surface area contributed by atoms with E-state index in [9.17, 15) is 5.11 Å². The molecule has 0 spiro atoms. The van der Waals surface area contributed by atoms with Gasteiger partial charge in [-0.05, 0) is 29.7 Å². The molecule has 3 N–H and O–H groups in total. The molecule has 2 aromatic rings. The van der Waals surface area contributed by atoms with Crippen LogP contribution in [0.25, 0.3) is 11.1 Å². The first-order valence-corrected chi connectivity index (χ1v) is 7.07. The van der Waals surface area contributed by atoms with Gasteiger partial charge in [-0.3, -0.25) is 0 Å². The lowest BCUT2D eigenvalue weighted by atomic mass is 10.0. The molecule has 1 aliphatic heterocycles. The molecule has 0 unspecified atom stereocenters. The Labute approximate surface area is 119 Å². The number of aliphatic hydroxyl groups excluding tert-OH is 1. The van der Waals surface area contributed by atoms with Crippen LogP contribution in [0.15, 0.2) is 48.5 Å². The Hall–Kier alpha value is -1.84. The maximum atomic E-state index is 9.66. The normalized spacial score (nSPS) is 18.5. The summed E-state index contributed by atoms with van der Waals surface area (Å²) in [5.74, 6) is 0. The summed E-state index contributed by atoms with van der Waals surface area (Å²) in [7, 11) is 0. The van der Waals surface area contributed by atoms with E-state index in [4.69, 9.17) is 5.73 Å². The molecule has 3 rings (SSSR count). The van der Waals surface area contributed by atoms with Crippen molar-refractivity contribution in [3.63, 3.8) is 0 Å². The Bertz CT molecular complexity index is 583. The van der Waals surface area contributed by atoms with Gasteiger partial charge in [0.25, 0.3) is 0 Å². The lowest BCUT2D eigenvalue weighted by molar-refractivity contribution is 0.282. The van der Waals surface area contributed by atoms with E-state index in [0.717, 1.165) is 36.3 Å². The predicted octanol–water partition coefficient (Wildman–Crippen LogP) is 2.38. The minimum Gasteiger partial charge on any atom is -0.392 e. The van der Waals surface area contributed by atoms with Gasteiger partial charge in [0.15, 0.2) is 0 Å². The Balaban J connectivity index is 1.94. The van der Waals surface area contributed by atoms with E-state index in [2.05, 4.69) is 35.2 Å². The van der Waals surface area contributed by atoms with Gasteiger partial charge in [0, 0.05) is 30.4 Å². The second-order valence-corrected chi connectivity index (χ2v) is 5.36. The van der Waals surface area contributed by atoms with Crippen molar-refractivity contribution in [2.45, 2.75) is 19.1 Å². The average Bonchev–Trinajstić information content (AvgIpc) is 2.94. The molecule has 1 atom stereocenters. The van der Waals surface area contributed by atoms with Gasteiger partial charge in [0.2, 0.25) is 0 Å². The molecule has 0 radical (unpaired) electrons. The molecule has 20 heavy (non-hydrogen) atoms. The number of rotatable bonds is 3. The monoisotopic (exact) mass is 268 g/mol. The molecule has 104 valence electrons. The fourth-order valence-corrected chi connectivity index (χ4v) is 2.84. The molecule has 2 aromatic carbocycles. The van der Waals surface area contributed by atoms with E-state index in [0.29, 0.717) is 0 Å². The van der Waals surface area contributed by atoms with Crippen LogP contribution in [-0.4, -0.2) is 24.2 Å². The van der Waals surface area contributed by atoms with Gasteiger partial charge < -0.3 is 15.7 Å². The average molecular weight is 268 g/mol. The molecule has 0 amide bonds. The standard InChI is InChI=1S/C17H20N2O/c18-16-8-9-19(11-16)17-7-6-14(10-15(17)12-20)13-4-2-1-3-5-13/h1-7,10,16,20H,8-9,11-12,18H2/t16-/m0/s1. The maximum Gasteiger partial charge on any atom is 0.0702 e. The van der Waals surface area contributed by atoms with E-state index in [1.165, 1.54) is 5.56 Å². The molecular weight excluding hydrogens is 248 g/mol. The number of nitrogens with zero attached hydrogens (tertiary/aromatic N) is 1. The van der Waals surface area contributed by atoms with Crippen LogP contribution in [-0.2, 0) is 6.61 Å². The molecule has 0 aromatic heterocycles. The molecule has 0 saturated carbocycles. The first-order chi connectivity index (χ1) is 9.78. The van der Waals surface area contributed by atoms with Gasteiger partial charge in [-0.25, -0.2) is 0 Å². The summed E-state index contributed by atoms with van der Waals surface area (Å²) in [5.41, 5.74) is 10.4. The SMILES string of the molecule is N[C@H]1CCN(c2ccc(-c3ccccc3)cc2CO)C1. The number of benzene rings is 2. The molecule has 3 heteroatoms. The van der Waals surface area contributed by atoms with Crippen molar-refractivity contribution in [3.05, 3.63) is 54.1 Å². The van der Waals surface area contributed by atoms with E-state index in [1.807, 2.05) is 18.2 Å².